The summed E-state index contributed by atoms with van der Waals surface area (Å²) < 4.78 is 5.35. The van der Waals surface area contributed by atoms with Crippen molar-refractivity contribution in [2.75, 3.05) is 0 Å². The van der Waals surface area contributed by atoms with E-state index in [9.17, 15) is 5.26 Å². The quantitative estimate of drug-likeness (QED) is 0.616. The molecule has 1 unspecified atom stereocenters. The first-order valence-corrected chi connectivity index (χ1v) is 7.09. The molecule has 0 aromatic carbocycles. The molecule has 118 valence electrons. The molecule has 1 aromatic heterocycles. The highest BCUT2D eigenvalue weighted by atomic mass is 16.3. The molecule has 1 aliphatic carbocycles. The second-order valence-corrected chi connectivity index (χ2v) is 5.17. The van der Waals surface area contributed by atoms with Gasteiger partial charge < -0.3 is 15.9 Å². The third-order valence-electron chi connectivity index (χ3n) is 3.85. The summed E-state index contributed by atoms with van der Waals surface area (Å²) in [5.41, 5.74) is 13.3. The number of nitriles is 1. The maximum Gasteiger partial charge on any atom is 0.153 e. The highest BCUT2D eigenvalue weighted by Gasteiger charge is 2.35. The second kappa shape index (κ2) is 5.85. The average molecular weight is 318 g/mol. The number of amidine groups is 1. The zero-order valence-corrected chi connectivity index (χ0v) is 12.6. The van der Waals surface area contributed by atoms with Crippen molar-refractivity contribution in [3.05, 3.63) is 65.3 Å². The van der Waals surface area contributed by atoms with Crippen LogP contribution in [0.15, 0.2) is 69.0 Å². The first-order chi connectivity index (χ1) is 11.6. The second-order valence-electron chi connectivity index (χ2n) is 5.17. The molecule has 0 radical (unpaired) electrons. The zero-order chi connectivity index (χ0) is 17.3. The lowest BCUT2D eigenvalue weighted by Crippen LogP contribution is -2.32. The predicted molar refractivity (Wildman–Crippen MR) is 91.3 cm³/mol. The number of aliphatic imine (C=N–C) groups is 1. The van der Waals surface area contributed by atoms with Crippen LogP contribution in [0.3, 0.4) is 0 Å². The molecule has 0 bridgehead atoms. The predicted octanol–water partition coefficient (Wildman–Crippen LogP) is 1.88. The molecule has 0 fully saturated rings. The average Bonchev–Trinajstić information content (AvgIpc) is 3.11. The molecule has 3 rings (SSSR count). The minimum absolute atomic E-state index is 0.0168. The van der Waals surface area contributed by atoms with Crippen LogP contribution >= 0.6 is 0 Å². The van der Waals surface area contributed by atoms with Crippen LogP contribution in [0, 0.1) is 28.1 Å². The van der Waals surface area contributed by atoms with E-state index in [1.807, 2.05) is 0 Å². The molecular weight excluding hydrogens is 304 g/mol. The van der Waals surface area contributed by atoms with Gasteiger partial charge in [-0.2, -0.15) is 5.26 Å². The van der Waals surface area contributed by atoms with Crippen molar-refractivity contribution in [1.29, 1.82) is 16.1 Å². The molecule has 1 atom stereocenters. The van der Waals surface area contributed by atoms with Crippen LogP contribution in [0.2, 0.25) is 0 Å². The summed E-state index contributed by atoms with van der Waals surface area (Å²) in [6.07, 6.45) is 7.63. The van der Waals surface area contributed by atoms with Crippen molar-refractivity contribution >= 4 is 23.0 Å². The van der Waals surface area contributed by atoms with Crippen molar-refractivity contribution in [3.8, 4) is 6.07 Å². The molecule has 24 heavy (non-hydrogen) atoms. The van der Waals surface area contributed by atoms with Gasteiger partial charge in [0, 0.05) is 11.8 Å². The summed E-state index contributed by atoms with van der Waals surface area (Å²) >= 11 is 0. The van der Waals surface area contributed by atoms with E-state index in [0.717, 1.165) is 0 Å². The SMILES string of the molecule is N#CC1=C(c2ccco2)N=C(N)/C(=C\N)C1C1=CC=CC(=N)C1=N. The number of hydrogen-bond acceptors (Lipinski definition) is 7. The Morgan fingerprint density at radius 1 is 1.38 bits per heavy atom. The van der Waals surface area contributed by atoms with E-state index in [-0.39, 0.29) is 22.8 Å². The van der Waals surface area contributed by atoms with Gasteiger partial charge in [-0.05, 0) is 23.8 Å². The number of rotatable bonds is 2. The van der Waals surface area contributed by atoms with E-state index >= 15 is 0 Å². The van der Waals surface area contributed by atoms with Gasteiger partial charge >= 0.3 is 0 Å². The number of furan rings is 1. The summed E-state index contributed by atoms with van der Waals surface area (Å²) in [4.78, 5) is 4.26. The van der Waals surface area contributed by atoms with E-state index in [2.05, 4.69) is 11.1 Å². The molecule has 0 amide bonds. The Kier molecular flexibility index (Phi) is 3.72. The normalized spacial score (nSPS) is 22.5. The molecule has 2 heterocycles. The van der Waals surface area contributed by atoms with Crippen LogP contribution in [-0.2, 0) is 0 Å². The lowest BCUT2D eigenvalue weighted by Gasteiger charge is -2.28. The van der Waals surface area contributed by atoms with Gasteiger partial charge in [-0.3, -0.25) is 10.8 Å². The maximum atomic E-state index is 9.72. The molecular formula is C17H14N6O. The summed E-state index contributed by atoms with van der Waals surface area (Å²) in [6, 6.07) is 5.51. The van der Waals surface area contributed by atoms with Gasteiger partial charge in [-0.15, -0.1) is 0 Å². The van der Waals surface area contributed by atoms with Gasteiger partial charge in [0.2, 0.25) is 0 Å². The third kappa shape index (κ3) is 2.27. The largest absolute Gasteiger partial charge is 0.463 e. The van der Waals surface area contributed by atoms with Crippen LogP contribution in [0.5, 0.6) is 0 Å². The Hall–Kier alpha value is -3.66. The van der Waals surface area contributed by atoms with Crippen LogP contribution in [-0.4, -0.2) is 17.3 Å². The van der Waals surface area contributed by atoms with Crippen LogP contribution in [0.4, 0.5) is 0 Å². The number of nitrogens with two attached hydrogens (primary N) is 2. The van der Waals surface area contributed by atoms with Crippen molar-refractivity contribution < 1.29 is 4.42 Å². The molecule has 0 saturated heterocycles. The van der Waals surface area contributed by atoms with Crippen LogP contribution in [0.1, 0.15) is 5.76 Å². The Bertz CT molecular complexity index is 919. The van der Waals surface area contributed by atoms with Gasteiger partial charge in [0.15, 0.2) is 5.76 Å². The lowest BCUT2D eigenvalue weighted by molar-refractivity contribution is 0.550. The Labute approximate surface area is 138 Å². The molecule has 1 aromatic rings. The Morgan fingerprint density at radius 2 is 2.17 bits per heavy atom. The summed E-state index contributed by atoms with van der Waals surface area (Å²) in [5, 5.41) is 25.7. The van der Waals surface area contributed by atoms with E-state index in [0.29, 0.717) is 22.6 Å². The molecule has 6 N–H and O–H groups in total. The number of allylic oxidation sites excluding steroid dienone is 5. The smallest absolute Gasteiger partial charge is 0.153 e. The molecule has 7 heteroatoms. The molecule has 2 aliphatic rings. The van der Waals surface area contributed by atoms with Crippen molar-refractivity contribution in [2.24, 2.45) is 22.4 Å². The van der Waals surface area contributed by atoms with Gasteiger partial charge in [0.25, 0.3) is 0 Å². The monoisotopic (exact) mass is 318 g/mol. The Balaban J connectivity index is 2.26. The van der Waals surface area contributed by atoms with E-state index in [1.54, 1.807) is 24.3 Å². The minimum Gasteiger partial charge on any atom is -0.463 e. The fourth-order valence-corrected chi connectivity index (χ4v) is 2.72. The standard InChI is InChI=1S/C17H14N6O/c18-7-10-14(9-3-1-4-12(20)15(9)21)11(8-19)17(22)23-16(10)13-5-2-6-24-13/h1-6,8,14,20-21H,19H2,(H2,22,23)/b11-8-,20-12?,21-15?. The number of hydrogen-bond donors (Lipinski definition) is 4. The van der Waals surface area contributed by atoms with Crippen molar-refractivity contribution in [1.82, 2.24) is 0 Å². The third-order valence-corrected chi connectivity index (χ3v) is 3.85. The number of nitrogens with zero attached hydrogens (tertiary/aromatic N) is 2. The first-order valence-electron chi connectivity index (χ1n) is 7.09. The van der Waals surface area contributed by atoms with E-state index < -0.39 is 5.92 Å². The minimum atomic E-state index is -0.671. The fourth-order valence-electron chi connectivity index (χ4n) is 2.72. The van der Waals surface area contributed by atoms with Crippen LogP contribution in [0.25, 0.3) is 5.70 Å². The fraction of sp³-hybridized carbons (Fsp3) is 0.0588. The van der Waals surface area contributed by atoms with Gasteiger partial charge in [0.05, 0.1) is 35.2 Å². The summed E-state index contributed by atoms with van der Waals surface area (Å²) in [7, 11) is 0. The molecule has 0 saturated carbocycles. The van der Waals surface area contributed by atoms with Crippen molar-refractivity contribution in [2.45, 2.75) is 0 Å². The first kappa shape index (κ1) is 15.2. The molecule has 0 spiro atoms. The van der Waals surface area contributed by atoms with E-state index in [4.69, 9.17) is 26.7 Å². The highest BCUT2D eigenvalue weighted by Crippen LogP contribution is 2.39. The molecule has 1 aliphatic heterocycles. The topological polar surface area (TPSA) is 149 Å². The van der Waals surface area contributed by atoms with Gasteiger partial charge in [0.1, 0.15) is 11.5 Å². The summed E-state index contributed by atoms with van der Waals surface area (Å²) in [6.45, 7) is 0. The van der Waals surface area contributed by atoms with Crippen molar-refractivity contribution in [3.63, 3.8) is 0 Å². The van der Waals surface area contributed by atoms with Gasteiger partial charge in [-0.25, -0.2) is 4.99 Å². The van der Waals surface area contributed by atoms with E-state index in [1.165, 1.54) is 18.5 Å². The highest BCUT2D eigenvalue weighted by molar-refractivity contribution is 6.51. The molecule has 7 nitrogen and oxygen atoms in total. The van der Waals surface area contributed by atoms with Gasteiger partial charge in [-0.1, -0.05) is 12.2 Å². The zero-order valence-electron chi connectivity index (χ0n) is 12.6. The lowest BCUT2D eigenvalue weighted by atomic mass is 9.77. The summed E-state index contributed by atoms with van der Waals surface area (Å²) in [5.74, 6) is -0.109. The maximum absolute atomic E-state index is 9.72. The Morgan fingerprint density at radius 3 is 2.79 bits per heavy atom. The van der Waals surface area contributed by atoms with Crippen LogP contribution < -0.4 is 11.5 Å². The number of nitrogens with one attached hydrogen (secondary N) is 2.